The zero-order valence-corrected chi connectivity index (χ0v) is 11.2. The molecule has 0 radical (unpaired) electrons. The second-order valence-electron chi connectivity index (χ2n) is 4.34. The highest BCUT2D eigenvalue weighted by atomic mass is 35.5. The molecule has 0 atom stereocenters. The number of ether oxygens (including phenoxy) is 1. The Labute approximate surface area is 105 Å². The van der Waals surface area contributed by atoms with Gasteiger partial charge in [0.25, 0.3) is 0 Å². The van der Waals surface area contributed by atoms with Crippen molar-refractivity contribution in [3.8, 4) is 0 Å². The average Bonchev–Trinajstić information content (AvgIpc) is 2.51. The molecule has 0 aromatic carbocycles. The van der Waals surface area contributed by atoms with Gasteiger partial charge in [-0.1, -0.05) is 6.92 Å². The Morgan fingerprint density at radius 3 is 2.31 bits per heavy atom. The molecule has 0 N–H and O–H groups in total. The summed E-state index contributed by atoms with van der Waals surface area (Å²) in [6.07, 6.45) is 2.37. The van der Waals surface area contributed by atoms with Crippen molar-refractivity contribution in [1.82, 2.24) is 9.80 Å². The van der Waals surface area contributed by atoms with Crippen LogP contribution in [0.3, 0.4) is 0 Å². The summed E-state index contributed by atoms with van der Waals surface area (Å²) < 4.78 is 5.52. The molecule has 0 amide bonds. The van der Waals surface area contributed by atoms with Crippen molar-refractivity contribution in [2.24, 2.45) is 0 Å². The quantitative estimate of drug-likeness (QED) is 0.504. The number of halogens is 1. The molecular formula is C12H25ClN2O. The van der Waals surface area contributed by atoms with Gasteiger partial charge in [-0.25, -0.2) is 0 Å². The van der Waals surface area contributed by atoms with Crippen LogP contribution in [0.25, 0.3) is 0 Å². The molecule has 1 fully saturated rings. The topological polar surface area (TPSA) is 15.7 Å². The first kappa shape index (κ1) is 14.2. The van der Waals surface area contributed by atoms with Gasteiger partial charge in [0.1, 0.15) is 0 Å². The van der Waals surface area contributed by atoms with Gasteiger partial charge in [0.2, 0.25) is 0 Å². The normalized spacial score (nSPS) is 19.9. The maximum absolute atomic E-state index is 5.77. The fourth-order valence-electron chi connectivity index (χ4n) is 2.03. The van der Waals surface area contributed by atoms with Crippen LogP contribution in [0.1, 0.15) is 19.8 Å². The summed E-state index contributed by atoms with van der Waals surface area (Å²) in [7, 11) is 0. The maximum Gasteiger partial charge on any atom is 0.0593 e. The summed E-state index contributed by atoms with van der Waals surface area (Å²) in [6, 6.07) is 0. The number of rotatable bonds is 7. The third-order valence-electron chi connectivity index (χ3n) is 2.98. The van der Waals surface area contributed by atoms with E-state index in [2.05, 4.69) is 16.7 Å². The summed E-state index contributed by atoms with van der Waals surface area (Å²) in [4.78, 5) is 4.96. The fraction of sp³-hybridized carbons (Fsp3) is 1.00. The minimum absolute atomic E-state index is 0.750. The minimum Gasteiger partial charge on any atom is -0.380 e. The van der Waals surface area contributed by atoms with Crippen LogP contribution in [0, 0.1) is 0 Å². The number of hydrogen-bond donors (Lipinski definition) is 0. The van der Waals surface area contributed by atoms with E-state index in [0.717, 1.165) is 51.7 Å². The summed E-state index contributed by atoms with van der Waals surface area (Å²) in [6.45, 7) is 10.7. The van der Waals surface area contributed by atoms with Crippen LogP contribution in [0.5, 0.6) is 0 Å². The fourth-order valence-corrected chi connectivity index (χ4v) is 2.27. The maximum atomic E-state index is 5.77. The Bertz CT molecular complexity index is 169. The lowest BCUT2D eigenvalue weighted by Gasteiger charge is -2.20. The zero-order valence-electron chi connectivity index (χ0n) is 10.5. The van der Waals surface area contributed by atoms with Crippen molar-refractivity contribution < 1.29 is 4.74 Å². The molecule has 4 heteroatoms. The highest BCUT2D eigenvalue weighted by Crippen LogP contribution is 2.03. The molecule has 96 valence electrons. The largest absolute Gasteiger partial charge is 0.380 e. The lowest BCUT2D eigenvalue weighted by atomic mass is 10.4. The van der Waals surface area contributed by atoms with E-state index in [1.807, 2.05) is 0 Å². The minimum atomic E-state index is 0.750. The van der Waals surface area contributed by atoms with Crippen LogP contribution in [-0.2, 0) is 4.74 Å². The van der Waals surface area contributed by atoms with Crippen molar-refractivity contribution >= 4 is 11.6 Å². The van der Waals surface area contributed by atoms with Crippen molar-refractivity contribution in [1.29, 1.82) is 0 Å². The van der Waals surface area contributed by atoms with Crippen molar-refractivity contribution in [3.05, 3.63) is 0 Å². The molecule has 16 heavy (non-hydrogen) atoms. The summed E-state index contributed by atoms with van der Waals surface area (Å²) in [5.74, 6) is 0.750. The van der Waals surface area contributed by atoms with Crippen LogP contribution < -0.4 is 0 Å². The molecule has 0 aromatic rings. The molecule has 1 heterocycles. The first-order valence-corrected chi connectivity index (χ1v) is 6.98. The van der Waals surface area contributed by atoms with E-state index in [0.29, 0.717) is 0 Å². The first-order chi connectivity index (χ1) is 7.86. The molecule has 1 aliphatic heterocycles. The van der Waals surface area contributed by atoms with Gasteiger partial charge in [-0.05, 0) is 25.9 Å². The zero-order chi connectivity index (χ0) is 11.6. The van der Waals surface area contributed by atoms with E-state index in [1.54, 1.807) is 0 Å². The van der Waals surface area contributed by atoms with Crippen LogP contribution in [-0.4, -0.2) is 68.2 Å². The second-order valence-corrected chi connectivity index (χ2v) is 4.72. The van der Waals surface area contributed by atoms with E-state index < -0.39 is 0 Å². The smallest absolute Gasteiger partial charge is 0.0593 e. The number of nitrogens with zero attached hydrogens (tertiary/aromatic N) is 2. The van der Waals surface area contributed by atoms with Gasteiger partial charge in [-0.3, -0.25) is 4.90 Å². The standard InChI is InChI=1S/C12H25ClN2O/c1-2-11-16-12-10-15-6-3-5-14(7-4-13)8-9-15/h2-12H2,1H3. The van der Waals surface area contributed by atoms with Crippen LogP contribution in [0.4, 0.5) is 0 Å². The first-order valence-electron chi connectivity index (χ1n) is 6.45. The molecule has 0 aliphatic carbocycles. The van der Waals surface area contributed by atoms with Gasteiger partial charge in [0.15, 0.2) is 0 Å². The van der Waals surface area contributed by atoms with E-state index in [-0.39, 0.29) is 0 Å². The Balaban J connectivity index is 2.10. The predicted molar refractivity (Wildman–Crippen MR) is 69.3 cm³/mol. The second kappa shape index (κ2) is 9.23. The van der Waals surface area contributed by atoms with Crippen molar-refractivity contribution in [2.75, 3.05) is 58.4 Å². The van der Waals surface area contributed by atoms with Gasteiger partial charge in [0, 0.05) is 38.7 Å². The predicted octanol–water partition coefficient (Wildman–Crippen LogP) is 1.66. The van der Waals surface area contributed by atoms with Crippen LogP contribution in [0.15, 0.2) is 0 Å². The molecule has 0 unspecified atom stereocenters. The van der Waals surface area contributed by atoms with Crippen LogP contribution in [0.2, 0.25) is 0 Å². The molecule has 3 nitrogen and oxygen atoms in total. The molecule has 0 bridgehead atoms. The molecular weight excluding hydrogens is 224 g/mol. The number of hydrogen-bond acceptors (Lipinski definition) is 3. The lowest BCUT2D eigenvalue weighted by molar-refractivity contribution is 0.105. The number of alkyl halides is 1. The van der Waals surface area contributed by atoms with E-state index >= 15 is 0 Å². The van der Waals surface area contributed by atoms with Gasteiger partial charge in [0.05, 0.1) is 6.61 Å². The third-order valence-corrected chi connectivity index (χ3v) is 3.15. The van der Waals surface area contributed by atoms with E-state index in [9.17, 15) is 0 Å². The highest BCUT2D eigenvalue weighted by Gasteiger charge is 2.13. The third kappa shape index (κ3) is 6.04. The monoisotopic (exact) mass is 248 g/mol. The molecule has 0 saturated carbocycles. The lowest BCUT2D eigenvalue weighted by Crippen LogP contribution is -2.33. The van der Waals surface area contributed by atoms with E-state index in [4.69, 9.17) is 16.3 Å². The Hall–Kier alpha value is 0.170. The molecule has 0 aromatic heterocycles. The molecule has 1 saturated heterocycles. The summed E-state index contributed by atoms with van der Waals surface area (Å²) in [5.41, 5.74) is 0. The Morgan fingerprint density at radius 2 is 1.69 bits per heavy atom. The van der Waals surface area contributed by atoms with Gasteiger partial charge in [-0.2, -0.15) is 0 Å². The van der Waals surface area contributed by atoms with E-state index in [1.165, 1.54) is 19.5 Å². The van der Waals surface area contributed by atoms with Gasteiger partial charge in [-0.15, -0.1) is 11.6 Å². The SMILES string of the molecule is CCCOCCN1CCCN(CCCl)CC1. The van der Waals surface area contributed by atoms with Gasteiger partial charge < -0.3 is 9.64 Å². The van der Waals surface area contributed by atoms with Crippen molar-refractivity contribution in [3.63, 3.8) is 0 Å². The molecule has 1 aliphatic rings. The van der Waals surface area contributed by atoms with Crippen molar-refractivity contribution in [2.45, 2.75) is 19.8 Å². The summed E-state index contributed by atoms with van der Waals surface area (Å²) >= 11 is 5.77. The Kier molecular flexibility index (Phi) is 8.21. The Morgan fingerprint density at radius 1 is 1.00 bits per heavy atom. The molecule has 0 spiro atoms. The highest BCUT2D eigenvalue weighted by molar-refractivity contribution is 6.18. The van der Waals surface area contributed by atoms with Crippen LogP contribution >= 0.6 is 11.6 Å². The molecule has 1 rings (SSSR count). The summed E-state index contributed by atoms with van der Waals surface area (Å²) in [5, 5.41) is 0. The average molecular weight is 249 g/mol. The van der Waals surface area contributed by atoms with Gasteiger partial charge >= 0.3 is 0 Å².